The quantitative estimate of drug-likeness (QED) is 0.467. The van der Waals surface area contributed by atoms with Gasteiger partial charge >= 0.3 is 0 Å². The second kappa shape index (κ2) is 9.88. The van der Waals surface area contributed by atoms with Gasteiger partial charge in [-0.3, -0.25) is 14.6 Å². The van der Waals surface area contributed by atoms with Crippen molar-refractivity contribution in [1.82, 2.24) is 34.7 Å². The molecule has 0 radical (unpaired) electrons. The molecular formula is C26H31N7O3. The van der Waals surface area contributed by atoms with Gasteiger partial charge in [-0.25, -0.2) is 4.68 Å². The maximum atomic E-state index is 12.6. The third-order valence-electron chi connectivity index (χ3n) is 6.36. The van der Waals surface area contributed by atoms with Crippen LogP contribution >= 0.6 is 0 Å². The van der Waals surface area contributed by atoms with E-state index in [1.807, 2.05) is 42.9 Å². The minimum atomic E-state index is -0.0350. The molecule has 4 aromatic rings. The van der Waals surface area contributed by atoms with Gasteiger partial charge in [0.15, 0.2) is 0 Å². The van der Waals surface area contributed by atoms with E-state index in [9.17, 15) is 4.79 Å². The number of aryl methyl sites for hydroxylation is 2. The van der Waals surface area contributed by atoms with Crippen LogP contribution in [0.3, 0.4) is 0 Å². The Morgan fingerprint density at radius 1 is 1.25 bits per heavy atom. The van der Waals surface area contributed by atoms with Crippen molar-refractivity contribution in [2.45, 2.75) is 40.3 Å². The molecule has 0 saturated heterocycles. The predicted octanol–water partition coefficient (Wildman–Crippen LogP) is 3.88. The summed E-state index contributed by atoms with van der Waals surface area (Å²) in [5.74, 6) is 1.18. The van der Waals surface area contributed by atoms with Gasteiger partial charge in [0, 0.05) is 25.9 Å². The van der Waals surface area contributed by atoms with Crippen molar-refractivity contribution in [1.29, 1.82) is 0 Å². The van der Waals surface area contributed by atoms with Crippen LogP contribution in [0.1, 0.15) is 44.1 Å². The van der Waals surface area contributed by atoms with E-state index < -0.39 is 0 Å². The molecule has 0 spiro atoms. The smallest absolute Gasteiger partial charge is 0.240 e. The third-order valence-corrected chi connectivity index (χ3v) is 6.36. The highest BCUT2D eigenvalue weighted by molar-refractivity contribution is 5.93. The average molecular weight is 490 g/mol. The van der Waals surface area contributed by atoms with E-state index in [2.05, 4.69) is 28.3 Å². The van der Waals surface area contributed by atoms with E-state index in [0.29, 0.717) is 38.1 Å². The minimum Gasteiger partial charge on any atom is -0.476 e. The number of hydrogen-bond acceptors (Lipinski definition) is 6. The molecule has 0 saturated carbocycles. The molecule has 0 aliphatic carbocycles. The van der Waals surface area contributed by atoms with E-state index in [4.69, 9.17) is 14.6 Å². The van der Waals surface area contributed by atoms with Crippen LogP contribution in [0.5, 0.6) is 11.8 Å². The maximum Gasteiger partial charge on any atom is 0.240 e. The van der Waals surface area contributed by atoms with Crippen LogP contribution in [0, 0.1) is 0 Å². The summed E-state index contributed by atoms with van der Waals surface area (Å²) in [4.78, 5) is 14.4. The Morgan fingerprint density at radius 2 is 2.11 bits per heavy atom. The number of aromatic amines is 1. The van der Waals surface area contributed by atoms with E-state index in [0.717, 1.165) is 51.9 Å². The van der Waals surface area contributed by atoms with Crippen LogP contribution in [0.4, 0.5) is 0 Å². The second-order valence-corrected chi connectivity index (χ2v) is 8.80. The number of fused-ring (bicyclic) bond motifs is 4. The lowest BCUT2D eigenvalue weighted by atomic mass is 10.1. The summed E-state index contributed by atoms with van der Waals surface area (Å²) in [5, 5.41) is 17.8. The first kappa shape index (κ1) is 23.7. The molecule has 36 heavy (non-hydrogen) atoms. The van der Waals surface area contributed by atoms with Crippen molar-refractivity contribution < 1.29 is 14.3 Å². The zero-order valence-corrected chi connectivity index (χ0v) is 21.1. The van der Waals surface area contributed by atoms with Gasteiger partial charge in [0.2, 0.25) is 17.7 Å². The minimum absolute atomic E-state index is 0.0350. The molecule has 5 rings (SSSR count). The van der Waals surface area contributed by atoms with E-state index >= 15 is 0 Å². The largest absolute Gasteiger partial charge is 0.476 e. The van der Waals surface area contributed by atoms with Gasteiger partial charge in [0.25, 0.3) is 0 Å². The van der Waals surface area contributed by atoms with Gasteiger partial charge in [0.05, 0.1) is 53.9 Å². The Balaban J connectivity index is 1.69. The molecule has 1 N–H and O–H groups in total. The lowest BCUT2D eigenvalue weighted by molar-refractivity contribution is -0.129. The van der Waals surface area contributed by atoms with Gasteiger partial charge in [-0.2, -0.15) is 10.2 Å². The molecule has 1 aromatic carbocycles. The zero-order chi connectivity index (χ0) is 25.2. The van der Waals surface area contributed by atoms with Crippen molar-refractivity contribution in [2.24, 2.45) is 7.05 Å². The molecule has 1 aliphatic rings. The summed E-state index contributed by atoms with van der Waals surface area (Å²) in [6.07, 6.45) is 6.71. The Hall–Kier alpha value is -4.08. The predicted molar refractivity (Wildman–Crippen MR) is 137 cm³/mol. The first-order valence-corrected chi connectivity index (χ1v) is 12.3. The summed E-state index contributed by atoms with van der Waals surface area (Å²) in [6, 6.07) is 6.09. The number of H-pyrrole nitrogens is 1. The first-order valence-electron chi connectivity index (χ1n) is 12.3. The molecule has 0 fully saturated rings. The summed E-state index contributed by atoms with van der Waals surface area (Å²) in [6.45, 7) is 7.99. The van der Waals surface area contributed by atoms with Crippen LogP contribution in [0.25, 0.3) is 34.2 Å². The van der Waals surface area contributed by atoms with E-state index in [1.165, 1.54) is 0 Å². The number of ether oxygens (including phenoxy) is 2. The topological polar surface area (TPSA) is 103 Å². The van der Waals surface area contributed by atoms with E-state index in [1.54, 1.807) is 22.7 Å². The van der Waals surface area contributed by atoms with Crippen LogP contribution in [-0.4, -0.2) is 60.3 Å². The molecular weight excluding hydrogens is 458 g/mol. The first-order chi connectivity index (χ1) is 17.5. The molecule has 4 heterocycles. The number of amides is 1. The highest BCUT2D eigenvalue weighted by atomic mass is 16.5. The Morgan fingerprint density at radius 3 is 2.89 bits per heavy atom. The lowest BCUT2D eigenvalue weighted by Gasteiger charge is -2.22. The van der Waals surface area contributed by atoms with Gasteiger partial charge in [-0.15, -0.1) is 5.10 Å². The molecule has 10 nitrogen and oxygen atoms in total. The molecule has 0 atom stereocenters. The highest BCUT2D eigenvalue weighted by Gasteiger charge is 2.22. The Labute approximate surface area is 209 Å². The Kier molecular flexibility index (Phi) is 6.49. The number of rotatable bonds is 4. The molecule has 3 aromatic heterocycles. The average Bonchev–Trinajstić information content (AvgIpc) is 3.52. The second-order valence-electron chi connectivity index (χ2n) is 8.80. The number of aromatic nitrogens is 6. The van der Waals surface area contributed by atoms with Crippen molar-refractivity contribution >= 4 is 29.0 Å². The Bertz CT molecular complexity index is 1430. The molecule has 1 aliphatic heterocycles. The monoisotopic (exact) mass is 489 g/mol. The normalized spacial score (nSPS) is 14.6. The zero-order valence-electron chi connectivity index (χ0n) is 21.1. The fourth-order valence-electron chi connectivity index (χ4n) is 4.53. The third kappa shape index (κ3) is 4.34. The number of hydrogen-bond donors (Lipinski definition) is 1. The van der Waals surface area contributed by atoms with Crippen LogP contribution in [0.15, 0.2) is 24.4 Å². The summed E-state index contributed by atoms with van der Waals surface area (Å²) in [7, 11) is 1.85. The number of nitrogens with zero attached hydrogens (tertiary/aromatic N) is 6. The number of carbonyl (C=O) groups excluding carboxylic acids is 1. The summed E-state index contributed by atoms with van der Waals surface area (Å²) >= 11 is 0. The number of nitrogens with one attached hydrogen (secondary N) is 1. The summed E-state index contributed by atoms with van der Waals surface area (Å²) in [5.41, 5.74) is 5.38. The van der Waals surface area contributed by atoms with Crippen molar-refractivity contribution in [3.63, 3.8) is 0 Å². The highest BCUT2D eigenvalue weighted by Crippen LogP contribution is 2.33. The van der Waals surface area contributed by atoms with Crippen LogP contribution < -0.4 is 9.47 Å². The van der Waals surface area contributed by atoms with E-state index in [-0.39, 0.29) is 5.91 Å². The fraction of sp³-hybridized carbons (Fsp3) is 0.385. The van der Waals surface area contributed by atoms with Crippen molar-refractivity contribution in [2.75, 3.05) is 19.8 Å². The number of benzene rings is 1. The number of carbonyl (C=O) groups is 1. The van der Waals surface area contributed by atoms with Crippen molar-refractivity contribution in [3.8, 4) is 22.9 Å². The van der Waals surface area contributed by atoms with Gasteiger partial charge in [-0.05, 0) is 43.2 Å². The van der Waals surface area contributed by atoms with Gasteiger partial charge in [-0.1, -0.05) is 13.0 Å². The van der Waals surface area contributed by atoms with Crippen LogP contribution in [-0.2, 0) is 24.9 Å². The van der Waals surface area contributed by atoms with Gasteiger partial charge in [0.1, 0.15) is 6.61 Å². The standard InChI is InChI=1S/C26H31N7O3/c1-5-11-33-24-16-32(17(3)34)12-13-36-26-21(15-27-31(26)4)18-7-9-22-20(14-18)23(29-28-22)10-8-19(24)25(30-33)35-6-2/h7-10,14-15H,5-6,11-13,16H2,1-4H3,(H,28,29)/b10-8+. The van der Waals surface area contributed by atoms with Crippen LogP contribution in [0.2, 0.25) is 0 Å². The summed E-state index contributed by atoms with van der Waals surface area (Å²) < 4.78 is 15.8. The molecule has 188 valence electrons. The fourth-order valence-corrected chi connectivity index (χ4v) is 4.53. The maximum absolute atomic E-state index is 12.6. The molecule has 1 amide bonds. The molecule has 0 unspecified atom stereocenters. The molecule has 2 bridgehead atoms. The SMILES string of the molecule is CCCn1nc(OCC)c2c1CN(C(C)=O)CCOc1c(cnn1C)-c1ccc3n[nH]c(c3c1)/C=C/2. The lowest BCUT2D eigenvalue weighted by Crippen LogP contribution is -2.33. The van der Waals surface area contributed by atoms with Crippen molar-refractivity contribution in [3.05, 3.63) is 41.3 Å². The van der Waals surface area contributed by atoms with Gasteiger partial charge < -0.3 is 14.4 Å². The molecule has 10 heteroatoms.